The number of rotatable bonds is 5. The molecule has 0 bridgehead atoms. The Labute approximate surface area is 114 Å². The molecule has 3 nitrogen and oxygen atoms in total. The van der Waals surface area contributed by atoms with Crippen LogP contribution in [0.15, 0.2) is 30.3 Å². The van der Waals surface area contributed by atoms with Crippen molar-refractivity contribution in [3.63, 3.8) is 0 Å². The Morgan fingerprint density at radius 1 is 1.05 bits per heavy atom. The highest BCUT2D eigenvalue weighted by Crippen LogP contribution is 2.17. The quantitative estimate of drug-likeness (QED) is 0.826. The highest BCUT2D eigenvalue weighted by Gasteiger charge is 2.19. The minimum absolute atomic E-state index is 0.210. The van der Waals surface area contributed by atoms with Crippen molar-refractivity contribution in [2.75, 3.05) is 0 Å². The molecule has 0 saturated heterocycles. The smallest absolute Gasteiger partial charge is 0.287 e. The maximum Gasteiger partial charge on any atom is 0.287 e. The summed E-state index contributed by atoms with van der Waals surface area (Å²) >= 11 is 0. The van der Waals surface area contributed by atoms with Gasteiger partial charge in [-0.25, -0.2) is 0 Å². The summed E-state index contributed by atoms with van der Waals surface area (Å²) in [4.78, 5) is 23.5. The second kappa shape index (κ2) is 7.07. The van der Waals surface area contributed by atoms with Crippen LogP contribution in [0.25, 0.3) is 0 Å². The summed E-state index contributed by atoms with van der Waals surface area (Å²) in [7, 11) is 0. The van der Waals surface area contributed by atoms with Crippen LogP contribution >= 0.6 is 0 Å². The van der Waals surface area contributed by atoms with Crippen LogP contribution in [0.3, 0.4) is 0 Å². The lowest BCUT2D eigenvalue weighted by Gasteiger charge is -2.22. The summed E-state index contributed by atoms with van der Waals surface area (Å²) < 4.78 is 0. The molecule has 1 N–H and O–H groups in total. The average Bonchev–Trinajstić information content (AvgIpc) is 2.47. The van der Waals surface area contributed by atoms with E-state index in [9.17, 15) is 9.59 Å². The van der Waals surface area contributed by atoms with Gasteiger partial charge in [0.1, 0.15) is 0 Å². The predicted octanol–water partition coefficient (Wildman–Crippen LogP) is 2.64. The number of benzene rings is 1. The summed E-state index contributed by atoms with van der Waals surface area (Å²) in [5.74, 6) is -0.697. The van der Waals surface area contributed by atoms with Crippen molar-refractivity contribution < 1.29 is 9.59 Å². The normalized spacial score (nSPS) is 16.0. The number of ketones is 1. The van der Waals surface area contributed by atoms with Crippen molar-refractivity contribution in [1.29, 1.82) is 0 Å². The average molecular weight is 259 g/mol. The predicted molar refractivity (Wildman–Crippen MR) is 74.8 cm³/mol. The summed E-state index contributed by atoms with van der Waals surface area (Å²) in [5, 5.41) is 2.87. The molecule has 1 aliphatic rings. The van der Waals surface area contributed by atoms with Gasteiger partial charge in [-0.1, -0.05) is 49.6 Å². The first-order valence-electron chi connectivity index (χ1n) is 7.13. The number of nitrogens with one attached hydrogen (secondary N) is 1. The number of carbonyl (C=O) groups excluding carboxylic acids is 2. The first-order valence-corrected chi connectivity index (χ1v) is 7.13. The van der Waals surface area contributed by atoms with E-state index in [4.69, 9.17) is 0 Å². The van der Waals surface area contributed by atoms with Crippen LogP contribution < -0.4 is 5.32 Å². The molecule has 0 heterocycles. The monoisotopic (exact) mass is 259 g/mol. The van der Waals surface area contributed by atoms with Gasteiger partial charge >= 0.3 is 0 Å². The van der Waals surface area contributed by atoms with Crippen LogP contribution in [0, 0.1) is 0 Å². The van der Waals surface area contributed by atoms with E-state index in [2.05, 4.69) is 5.32 Å². The second-order valence-electron chi connectivity index (χ2n) is 5.22. The highest BCUT2D eigenvalue weighted by molar-refractivity contribution is 6.36. The Bertz CT molecular complexity index is 422. The zero-order valence-electron chi connectivity index (χ0n) is 11.2. The molecule has 19 heavy (non-hydrogen) atoms. The van der Waals surface area contributed by atoms with Gasteiger partial charge in [0.05, 0.1) is 0 Å². The van der Waals surface area contributed by atoms with E-state index in [1.807, 2.05) is 30.3 Å². The van der Waals surface area contributed by atoms with E-state index in [0.717, 1.165) is 31.2 Å². The summed E-state index contributed by atoms with van der Waals surface area (Å²) in [6.07, 6.45) is 6.51. The number of carbonyl (C=O) groups is 2. The first kappa shape index (κ1) is 13.8. The zero-order chi connectivity index (χ0) is 13.5. The highest BCUT2D eigenvalue weighted by atomic mass is 16.2. The number of Topliss-reactive ketones (excluding diaryl/α,β-unsaturated/α-hetero) is 1. The minimum Gasteiger partial charge on any atom is -0.347 e. The van der Waals surface area contributed by atoms with E-state index in [0.29, 0.717) is 12.8 Å². The lowest BCUT2D eigenvalue weighted by Crippen LogP contribution is -2.40. The van der Waals surface area contributed by atoms with Crippen LogP contribution in [0.1, 0.15) is 44.1 Å². The van der Waals surface area contributed by atoms with Crippen LogP contribution in [0.4, 0.5) is 0 Å². The number of amides is 1. The van der Waals surface area contributed by atoms with Gasteiger partial charge in [0.25, 0.3) is 5.91 Å². The molecule has 102 valence electrons. The maximum absolute atomic E-state index is 11.8. The number of hydrogen-bond donors (Lipinski definition) is 1. The van der Waals surface area contributed by atoms with Gasteiger partial charge in [-0.05, 0) is 24.8 Å². The molecule has 0 aliphatic heterocycles. The van der Waals surface area contributed by atoms with Gasteiger partial charge in [-0.15, -0.1) is 0 Å². The van der Waals surface area contributed by atoms with Gasteiger partial charge in [-0.2, -0.15) is 0 Å². The Kier molecular flexibility index (Phi) is 5.13. The van der Waals surface area contributed by atoms with E-state index < -0.39 is 5.91 Å². The van der Waals surface area contributed by atoms with E-state index >= 15 is 0 Å². The van der Waals surface area contributed by atoms with Crippen molar-refractivity contribution >= 4 is 11.7 Å². The van der Waals surface area contributed by atoms with Gasteiger partial charge in [0.15, 0.2) is 0 Å². The SMILES string of the molecule is O=C(CCc1ccccc1)C(=O)NC1CCCCC1. The fraction of sp³-hybridized carbons (Fsp3) is 0.500. The summed E-state index contributed by atoms with van der Waals surface area (Å²) in [6.45, 7) is 0. The Morgan fingerprint density at radius 3 is 2.42 bits per heavy atom. The second-order valence-corrected chi connectivity index (χ2v) is 5.22. The van der Waals surface area contributed by atoms with Crippen LogP contribution in [-0.2, 0) is 16.0 Å². The Hall–Kier alpha value is -1.64. The molecule has 0 unspecified atom stereocenters. The van der Waals surface area contributed by atoms with Crippen LogP contribution in [0.2, 0.25) is 0 Å². The third-order valence-corrected chi connectivity index (χ3v) is 3.68. The molecule has 0 radical (unpaired) electrons. The molecule has 1 saturated carbocycles. The van der Waals surface area contributed by atoms with Gasteiger partial charge in [-0.3, -0.25) is 9.59 Å². The minimum atomic E-state index is -0.400. The van der Waals surface area contributed by atoms with Crippen molar-refractivity contribution in [3.8, 4) is 0 Å². The largest absolute Gasteiger partial charge is 0.347 e. The van der Waals surface area contributed by atoms with Gasteiger partial charge < -0.3 is 5.32 Å². The molecular formula is C16H21NO2. The molecule has 0 spiro atoms. The topological polar surface area (TPSA) is 46.2 Å². The van der Waals surface area contributed by atoms with Crippen LogP contribution in [-0.4, -0.2) is 17.7 Å². The summed E-state index contributed by atoms with van der Waals surface area (Å²) in [6, 6.07) is 10.0. The third kappa shape index (κ3) is 4.51. The zero-order valence-corrected chi connectivity index (χ0v) is 11.2. The molecule has 0 atom stereocenters. The Morgan fingerprint density at radius 2 is 1.74 bits per heavy atom. The van der Waals surface area contributed by atoms with Crippen molar-refractivity contribution in [2.45, 2.75) is 51.0 Å². The number of aryl methyl sites for hydroxylation is 1. The first-order chi connectivity index (χ1) is 9.25. The van der Waals surface area contributed by atoms with Crippen molar-refractivity contribution in [1.82, 2.24) is 5.32 Å². The molecule has 1 fully saturated rings. The van der Waals surface area contributed by atoms with E-state index in [1.54, 1.807) is 0 Å². The molecule has 1 aromatic rings. The molecule has 0 aromatic heterocycles. The van der Waals surface area contributed by atoms with Crippen molar-refractivity contribution in [3.05, 3.63) is 35.9 Å². The van der Waals surface area contributed by atoms with Crippen LogP contribution in [0.5, 0.6) is 0 Å². The van der Waals surface area contributed by atoms with Crippen molar-refractivity contribution in [2.24, 2.45) is 0 Å². The molecule has 3 heteroatoms. The lowest BCUT2D eigenvalue weighted by atomic mass is 9.95. The van der Waals surface area contributed by atoms with E-state index in [1.165, 1.54) is 6.42 Å². The fourth-order valence-corrected chi connectivity index (χ4v) is 2.53. The number of hydrogen-bond acceptors (Lipinski definition) is 2. The molecule has 1 amide bonds. The van der Waals surface area contributed by atoms with E-state index in [-0.39, 0.29) is 11.8 Å². The van der Waals surface area contributed by atoms with Gasteiger partial charge in [0, 0.05) is 12.5 Å². The molecular weight excluding hydrogens is 238 g/mol. The summed E-state index contributed by atoms with van der Waals surface area (Å²) in [5.41, 5.74) is 1.10. The lowest BCUT2D eigenvalue weighted by molar-refractivity contribution is -0.138. The molecule has 2 rings (SSSR count). The Balaban J connectivity index is 1.74. The fourth-order valence-electron chi connectivity index (χ4n) is 2.53. The maximum atomic E-state index is 11.8. The standard InChI is InChI=1S/C16H21NO2/c18-15(12-11-13-7-3-1-4-8-13)16(19)17-14-9-5-2-6-10-14/h1,3-4,7-8,14H,2,5-6,9-12H2,(H,17,19). The third-order valence-electron chi connectivity index (χ3n) is 3.68. The molecule has 1 aromatic carbocycles. The molecule has 1 aliphatic carbocycles. The van der Waals surface area contributed by atoms with Gasteiger partial charge in [0.2, 0.25) is 5.78 Å².